The minimum absolute atomic E-state index is 0. The molecule has 24 heteroatoms. The van der Waals surface area contributed by atoms with Gasteiger partial charge < -0.3 is 61.5 Å². The van der Waals surface area contributed by atoms with Crippen LogP contribution in [0.3, 0.4) is 0 Å². The van der Waals surface area contributed by atoms with Crippen LogP contribution in [-0.4, -0.2) is 91.5 Å². The number of amides is 4. The first-order valence-corrected chi connectivity index (χ1v) is 29.4. The molecule has 0 radical (unpaired) electrons. The Hall–Kier alpha value is -6.96. The Bertz CT molecular complexity index is 2900. The lowest BCUT2D eigenvalue weighted by Gasteiger charge is -2.34. The van der Waals surface area contributed by atoms with Gasteiger partial charge >= 0.3 is 24.4 Å². The van der Waals surface area contributed by atoms with Gasteiger partial charge in [0.05, 0.1) is 47.4 Å². The highest BCUT2D eigenvalue weighted by Crippen LogP contribution is 2.43. The first kappa shape index (κ1) is 66.6. The van der Waals surface area contributed by atoms with Gasteiger partial charge in [-0.05, 0) is 159 Å². The topological polar surface area (TPSA) is 317 Å². The van der Waals surface area contributed by atoms with E-state index >= 15 is 0 Å². The average Bonchev–Trinajstić information content (AvgIpc) is 4.20. The normalized spacial score (nSPS) is 18.1. The molecule has 8 rings (SSSR count). The molecule has 8 heterocycles. The van der Waals surface area contributed by atoms with Crippen molar-refractivity contribution in [3.63, 3.8) is 0 Å². The van der Waals surface area contributed by atoms with Crippen molar-refractivity contribution in [2.24, 2.45) is 0 Å². The number of nitriles is 4. The Labute approximate surface area is 493 Å². The van der Waals surface area contributed by atoms with E-state index < -0.39 is 22.4 Å². The number of rotatable bonds is 0. The molecule has 0 spiro atoms. The molecule has 0 unspecified atom stereocenters. The van der Waals surface area contributed by atoms with Gasteiger partial charge in [-0.25, -0.2) is 19.2 Å². The van der Waals surface area contributed by atoms with Gasteiger partial charge in [-0.1, -0.05) is 7.43 Å². The van der Waals surface area contributed by atoms with Crippen molar-refractivity contribution < 1.29 is 38.1 Å². The van der Waals surface area contributed by atoms with E-state index in [0.29, 0.717) is 94.1 Å². The molecule has 0 saturated heterocycles. The summed E-state index contributed by atoms with van der Waals surface area (Å²) >= 11 is 5.57. The summed E-state index contributed by atoms with van der Waals surface area (Å²) in [4.78, 5) is 59.6. The quantitative estimate of drug-likeness (QED) is 0.119. The average molecular weight is 1190 g/mol. The molecule has 0 bridgehead atoms. The Balaban J connectivity index is 0.000000231. The van der Waals surface area contributed by atoms with Crippen LogP contribution in [0.15, 0.2) is 0 Å². The number of anilines is 4. The molecule has 4 atom stereocenters. The zero-order valence-electron chi connectivity index (χ0n) is 48.8. The summed E-state index contributed by atoms with van der Waals surface area (Å²) in [5.41, 5.74) is 27.7. The first-order valence-electron chi connectivity index (χ1n) is 26.1. The fourth-order valence-corrected chi connectivity index (χ4v) is 13.6. The number of fused-ring (bicyclic) bond motifs is 4. The molecular weight excluding hydrogens is 1110 g/mol. The van der Waals surface area contributed by atoms with E-state index in [4.69, 9.17) is 62.9 Å². The van der Waals surface area contributed by atoms with E-state index in [9.17, 15) is 19.2 Å². The molecule has 4 aromatic rings. The highest BCUT2D eigenvalue weighted by Gasteiger charge is 2.38. The van der Waals surface area contributed by atoms with Gasteiger partial charge in [0.25, 0.3) is 0 Å². The summed E-state index contributed by atoms with van der Waals surface area (Å²) in [6.07, 6.45) is 1.31. The number of carbonyl (C=O) groups is 4. The summed E-state index contributed by atoms with van der Waals surface area (Å²) in [6.45, 7) is 32.0. The highest BCUT2D eigenvalue weighted by molar-refractivity contribution is 7.17. The zero-order chi connectivity index (χ0) is 60.3. The molecule has 4 amide bonds. The van der Waals surface area contributed by atoms with Gasteiger partial charge in [-0.2, -0.15) is 21.0 Å². The third-order valence-electron chi connectivity index (χ3n) is 12.9. The summed E-state index contributed by atoms with van der Waals surface area (Å²) in [7, 11) is 0. The molecule has 8 N–H and O–H groups in total. The van der Waals surface area contributed by atoms with Gasteiger partial charge in [0.1, 0.15) is 66.7 Å². The molecule has 0 aliphatic carbocycles. The van der Waals surface area contributed by atoms with Crippen molar-refractivity contribution in [3.8, 4) is 24.3 Å². The van der Waals surface area contributed by atoms with Crippen LogP contribution in [0.5, 0.6) is 0 Å². The van der Waals surface area contributed by atoms with E-state index in [1.54, 1.807) is 19.6 Å². The van der Waals surface area contributed by atoms with Crippen molar-refractivity contribution in [1.29, 1.82) is 21.0 Å². The fraction of sp³-hybridized carbons (Fsp3) is 0.579. The highest BCUT2D eigenvalue weighted by atomic mass is 32.1. The molecule has 0 aromatic carbocycles. The lowest BCUT2D eigenvalue weighted by molar-refractivity contribution is 0.0131. The van der Waals surface area contributed by atoms with Crippen LogP contribution in [-0.2, 0) is 57.7 Å². The van der Waals surface area contributed by atoms with Crippen LogP contribution in [0, 0.1) is 45.3 Å². The van der Waals surface area contributed by atoms with E-state index in [1.165, 1.54) is 45.3 Å². The van der Waals surface area contributed by atoms with Crippen molar-refractivity contribution in [3.05, 3.63) is 64.0 Å². The van der Waals surface area contributed by atoms with Crippen LogP contribution in [0.1, 0.15) is 194 Å². The van der Waals surface area contributed by atoms with Crippen LogP contribution in [0.25, 0.3) is 0 Å². The molecule has 440 valence electrons. The van der Waals surface area contributed by atoms with Crippen molar-refractivity contribution in [2.75, 3.05) is 36.0 Å². The molecule has 0 fully saturated rings. The van der Waals surface area contributed by atoms with E-state index in [1.807, 2.05) is 111 Å². The Morgan fingerprint density at radius 1 is 0.444 bits per heavy atom. The zero-order valence-corrected chi connectivity index (χ0v) is 52.0. The lowest BCUT2D eigenvalue weighted by Crippen LogP contribution is -2.44. The second-order valence-electron chi connectivity index (χ2n) is 23.8. The predicted molar refractivity (Wildman–Crippen MR) is 321 cm³/mol. The minimum Gasteiger partial charge on any atom is -0.444 e. The molecule has 0 saturated carbocycles. The molecule has 4 aromatic heterocycles. The Morgan fingerprint density at radius 2 is 0.691 bits per heavy atom. The largest absolute Gasteiger partial charge is 0.444 e. The number of nitrogen functional groups attached to an aromatic ring is 4. The standard InChI is InChI=1S/4C14H19N3O2S.CH4/c2*1-8-5-9-10(6-15)12(16)20-11(9)7-17(8)13(18)19-14(2,3)4;2*1-8-11-9(10(7-15)12(16)20-11)5-6-17(8)13(18)19-14(2,3)4;/h2*8H,5,7,16H2,1-4H3;2*8H,5-6,16H2,1-4H3;1H4/t4*8-;/m1111./s1. The van der Waals surface area contributed by atoms with Crippen molar-refractivity contribution in [1.82, 2.24) is 19.6 Å². The van der Waals surface area contributed by atoms with E-state index in [2.05, 4.69) is 24.3 Å². The Kier molecular flexibility index (Phi) is 21.3. The number of carbonyl (C=O) groups excluding carboxylic acids is 4. The summed E-state index contributed by atoms with van der Waals surface area (Å²) in [5, 5.41) is 38.7. The van der Waals surface area contributed by atoms with Crippen LogP contribution in [0.2, 0.25) is 0 Å². The third kappa shape index (κ3) is 16.2. The number of hydrogen-bond acceptors (Lipinski definition) is 20. The van der Waals surface area contributed by atoms with E-state index in [-0.39, 0.29) is 56.0 Å². The summed E-state index contributed by atoms with van der Waals surface area (Å²) in [5.74, 6) is 0. The molecule has 4 aliphatic rings. The maximum atomic E-state index is 12.2. The predicted octanol–water partition coefficient (Wildman–Crippen LogP) is 12.5. The smallest absolute Gasteiger partial charge is 0.410 e. The van der Waals surface area contributed by atoms with Gasteiger partial charge in [-0.15, -0.1) is 45.3 Å². The molecule has 81 heavy (non-hydrogen) atoms. The van der Waals surface area contributed by atoms with Crippen LogP contribution in [0.4, 0.5) is 39.2 Å². The monoisotopic (exact) mass is 1190 g/mol. The van der Waals surface area contributed by atoms with Crippen molar-refractivity contribution in [2.45, 2.75) is 204 Å². The Morgan fingerprint density at radius 3 is 0.951 bits per heavy atom. The van der Waals surface area contributed by atoms with Crippen LogP contribution < -0.4 is 22.9 Å². The summed E-state index contributed by atoms with van der Waals surface area (Å²) < 4.78 is 21.7. The SMILES string of the molecule is C.C[C@@H]1Cc2c(sc(N)c2C#N)CN1C(=O)OC(C)(C)C.C[C@@H]1Cc2c(sc(N)c2C#N)CN1C(=O)OC(C)(C)C.C[C@@H]1c2sc(N)c(C#N)c2CCN1C(=O)OC(C)(C)C.C[C@@H]1c2sc(N)c(C#N)c2CCN1C(=O)OC(C)(C)C. The molecule has 4 aliphatic heterocycles. The number of ether oxygens (including phenoxy) is 4. The number of nitrogens with zero attached hydrogens (tertiary/aromatic N) is 8. The second-order valence-corrected chi connectivity index (χ2v) is 28.3. The number of thiophene rings is 4. The van der Waals surface area contributed by atoms with Crippen molar-refractivity contribution >= 4 is 89.7 Å². The van der Waals surface area contributed by atoms with Gasteiger partial charge in [-0.3, -0.25) is 0 Å². The van der Waals surface area contributed by atoms with E-state index in [0.717, 1.165) is 41.8 Å². The first-order chi connectivity index (χ1) is 36.9. The minimum atomic E-state index is -0.511. The maximum Gasteiger partial charge on any atom is 0.410 e. The maximum absolute atomic E-state index is 12.2. The number of hydrogen-bond donors (Lipinski definition) is 4. The third-order valence-corrected chi connectivity index (χ3v) is 17.5. The van der Waals surface area contributed by atoms with Gasteiger partial charge in [0, 0.05) is 44.7 Å². The number of nitrogens with two attached hydrogens (primary N) is 4. The second kappa shape index (κ2) is 25.9. The molecule has 20 nitrogen and oxygen atoms in total. The summed E-state index contributed by atoms with van der Waals surface area (Å²) in [6, 6.07) is 8.41. The molecular formula is C57H80N12O8S4. The van der Waals surface area contributed by atoms with Gasteiger partial charge in [0.2, 0.25) is 0 Å². The fourth-order valence-electron chi connectivity index (χ4n) is 9.26. The lowest BCUT2D eigenvalue weighted by atomic mass is 9.98. The van der Waals surface area contributed by atoms with Gasteiger partial charge in [0.15, 0.2) is 0 Å². The van der Waals surface area contributed by atoms with Crippen LogP contribution >= 0.6 is 45.3 Å².